The van der Waals surface area contributed by atoms with Crippen LogP contribution in [-0.4, -0.2) is 15.8 Å². The van der Waals surface area contributed by atoms with Crippen molar-refractivity contribution in [2.45, 2.75) is 32.2 Å². The summed E-state index contributed by atoms with van der Waals surface area (Å²) in [6, 6.07) is 20.7. The monoisotopic (exact) mass is 425 g/mol. The number of nitrogens with one attached hydrogen (secondary N) is 2. The highest BCUT2D eigenvalue weighted by atomic mass is 19.1. The highest BCUT2D eigenvalue weighted by molar-refractivity contribution is 6.01. The first-order valence-electron chi connectivity index (χ1n) is 10.9. The van der Waals surface area contributed by atoms with Crippen LogP contribution in [0.4, 0.5) is 10.2 Å². The molecule has 0 fully saturated rings. The van der Waals surface area contributed by atoms with E-state index < -0.39 is 0 Å². The summed E-state index contributed by atoms with van der Waals surface area (Å²) in [7, 11) is 0. The number of fused-ring (bicyclic) bond motifs is 1. The Labute approximate surface area is 186 Å². The van der Waals surface area contributed by atoms with E-state index in [0.29, 0.717) is 19.4 Å². The predicted molar refractivity (Wildman–Crippen MR) is 124 cm³/mol. The van der Waals surface area contributed by atoms with Crippen LogP contribution < -0.4 is 5.32 Å². The third-order valence-corrected chi connectivity index (χ3v) is 5.95. The Hall–Kier alpha value is -3.73. The van der Waals surface area contributed by atoms with E-state index in [4.69, 9.17) is 0 Å². The maximum atomic E-state index is 13.1. The average molecular weight is 426 g/mol. The molecule has 2 aromatic carbocycles. The molecule has 4 aromatic rings. The number of rotatable bonds is 6. The first-order chi connectivity index (χ1) is 15.7. The Morgan fingerprint density at radius 2 is 1.78 bits per heavy atom. The number of halogens is 1. The molecule has 5 heteroatoms. The van der Waals surface area contributed by atoms with E-state index in [-0.39, 0.29) is 11.6 Å². The fourth-order valence-electron chi connectivity index (χ4n) is 4.37. The van der Waals surface area contributed by atoms with Crippen molar-refractivity contribution >= 4 is 11.6 Å². The Morgan fingerprint density at radius 3 is 2.59 bits per heavy atom. The van der Waals surface area contributed by atoms with Crippen LogP contribution in [0.25, 0.3) is 11.3 Å². The molecule has 0 saturated heterocycles. The number of aryl methyl sites for hydroxylation is 1. The molecule has 0 bridgehead atoms. The number of carbonyl (C=O) groups is 1. The van der Waals surface area contributed by atoms with Gasteiger partial charge < -0.3 is 10.3 Å². The number of anilines is 1. The van der Waals surface area contributed by atoms with Crippen molar-refractivity contribution in [2.24, 2.45) is 0 Å². The van der Waals surface area contributed by atoms with Gasteiger partial charge in [0.2, 0.25) is 0 Å². The van der Waals surface area contributed by atoms with E-state index in [2.05, 4.69) is 27.4 Å². The van der Waals surface area contributed by atoms with Crippen molar-refractivity contribution < 1.29 is 9.18 Å². The van der Waals surface area contributed by atoms with Gasteiger partial charge in [0, 0.05) is 42.4 Å². The number of hydrogen-bond acceptors (Lipinski definition) is 3. The van der Waals surface area contributed by atoms with Gasteiger partial charge in [-0.1, -0.05) is 42.5 Å². The van der Waals surface area contributed by atoms with Crippen LogP contribution in [0.3, 0.4) is 0 Å². The number of aromatic nitrogens is 2. The van der Waals surface area contributed by atoms with Crippen molar-refractivity contribution in [1.82, 2.24) is 9.97 Å². The van der Waals surface area contributed by atoms with E-state index in [0.717, 1.165) is 52.3 Å². The van der Waals surface area contributed by atoms with E-state index in [1.165, 1.54) is 17.7 Å². The highest BCUT2D eigenvalue weighted by Crippen LogP contribution is 2.35. The number of pyridine rings is 1. The van der Waals surface area contributed by atoms with Gasteiger partial charge >= 0.3 is 0 Å². The molecule has 0 radical (unpaired) electrons. The third kappa shape index (κ3) is 4.19. The number of Topliss-reactive ketones (excluding diaryl/α,β-unsaturated/α-hetero) is 1. The lowest BCUT2D eigenvalue weighted by Gasteiger charge is -2.12. The summed E-state index contributed by atoms with van der Waals surface area (Å²) >= 11 is 0. The number of carbonyl (C=O) groups excluding carboxylic acids is 1. The summed E-state index contributed by atoms with van der Waals surface area (Å²) in [4.78, 5) is 20.8. The first-order valence-corrected chi connectivity index (χ1v) is 10.9. The second-order valence-electron chi connectivity index (χ2n) is 8.18. The second kappa shape index (κ2) is 8.79. The highest BCUT2D eigenvalue weighted by Gasteiger charge is 2.26. The lowest BCUT2D eigenvalue weighted by molar-refractivity contribution is 0.0971. The molecule has 2 aromatic heterocycles. The van der Waals surface area contributed by atoms with Crippen LogP contribution in [0, 0.1) is 5.82 Å². The molecule has 32 heavy (non-hydrogen) atoms. The molecule has 0 saturated carbocycles. The molecular formula is C27H24FN3O. The van der Waals surface area contributed by atoms with Crippen molar-refractivity contribution in [3.05, 3.63) is 107 Å². The van der Waals surface area contributed by atoms with Crippen LogP contribution in [0.1, 0.15) is 45.6 Å². The molecule has 1 aliphatic carbocycles. The number of H-pyrrole nitrogens is 1. The number of hydrogen-bond donors (Lipinski definition) is 2. The Balaban J connectivity index is 1.48. The fraction of sp³-hybridized carbons (Fsp3) is 0.185. The number of aromatic amines is 1. The average Bonchev–Trinajstić information content (AvgIpc) is 3.19. The van der Waals surface area contributed by atoms with Gasteiger partial charge in [-0.2, -0.15) is 0 Å². The summed E-state index contributed by atoms with van der Waals surface area (Å²) in [5, 5.41) is 3.32. The van der Waals surface area contributed by atoms with Gasteiger partial charge in [0.15, 0.2) is 5.78 Å². The minimum atomic E-state index is -0.245. The number of ketones is 1. The molecule has 0 unspecified atom stereocenters. The maximum Gasteiger partial charge on any atom is 0.165 e. The van der Waals surface area contributed by atoms with Crippen LogP contribution >= 0.6 is 0 Å². The SMILES string of the molecule is O=C1CCCc2[nH]c(-c3ccnc(NCc4ccc(F)cc4)c3)c(Cc3ccccc3)c21. The standard InChI is InChI=1S/C27H24FN3O/c28-21-11-9-19(10-12-21)17-30-25-16-20(13-14-29-25)27-22(15-18-5-2-1-3-6-18)26-23(31-27)7-4-8-24(26)32/h1-3,5-6,9-14,16,31H,4,7-8,15,17H2,(H,29,30). The minimum absolute atomic E-state index is 0.225. The zero-order valence-corrected chi connectivity index (χ0v) is 17.7. The Morgan fingerprint density at radius 1 is 0.969 bits per heavy atom. The largest absolute Gasteiger partial charge is 0.366 e. The summed E-state index contributed by atoms with van der Waals surface area (Å²) in [6.45, 7) is 0.549. The lowest BCUT2D eigenvalue weighted by atomic mass is 9.90. The van der Waals surface area contributed by atoms with Gasteiger partial charge in [0.1, 0.15) is 11.6 Å². The number of nitrogens with zero attached hydrogens (tertiary/aromatic N) is 1. The van der Waals surface area contributed by atoms with E-state index in [1.807, 2.05) is 30.3 Å². The van der Waals surface area contributed by atoms with Gasteiger partial charge in [-0.05, 0) is 53.8 Å². The Kier molecular flexibility index (Phi) is 5.55. The quantitative estimate of drug-likeness (QED) is 0.402. The van der Waals surface area contributed by atoms with Gasteiger partial charge in [-0.15, -0.1) is 0 Å². The Bertz CT molecular complexity index is 1250. The number of benzene rings is 2. The zero-order chi connectivity index (χ0) is 21.9. The van der Waals surface area contributed by atoms with Gasteiger partial charge in [0.25, 0.3) is 0 Å². The molecule has 2 heterocycles. The minimum Gasteiger partial charge on any atom is -0.366 e. The van der Waals surface area contributed by atoms with Gasteiger partial charge in [-0.3, -0.25) is 4.79 Å². The molecule has 2 N–H and O–H groups in total. The third-order valence-electron chi connectivity index (χ3n) is 5.95. The molecule has 0 spiro atoms. The van der Waals surface area contributed by atoms with Crippen LogP contribution in [0.2, 0.25) is 0 Å². The topological polar surface area (TPSA) is 57.8 Å². The van der Waals surface area contributed by atoms with E-state index >= 15 is 0 Å². The van der Waals surface area contributed by atoms with Gasteiger partial charge in [-0.25, -0.2) is 9.37 Å². The summed E-state index contributed by atoms with van der Waals surface area (Å²) < 4.78 is 13.1. The summed E-state index contributed by atoms with van der Waals surface area (Å²) in [5.74, 6) is 0.713. The molecule has 0 atom stereocenters. The summed E-state index contributed by atoms with van der Waals surface area (Å²) in [6.07, 6.45) is 4.86. The van der Waals surface area contributed by atoms with Crippen LogP contribution in [-0.2, 0) is 19.4 Å². The fourth-order valence-corrected chi connectivity index (χ4v) is 4.37. The van der Waals surface area contributed by atoms with E-state index in [1.54, 1.807) is 18.3 Å². The normalized spacial score (nSPS) is 13.1. The van der Waals surface area contributed by atoms with Crippen LogP contribution in [0.15, 0.2) is 72.9 Å². The molecule has 0 aliphatic heterocycles. The molecule has 0 amide bonds. The second-order valence-corrected chi connectivity index (χ2v) is 8.18. The smallest absolute Gasteiger partial charge is 0.165 e. The van der Waals surface area contributed by atoms with Crippen molar-refractivity contribution in [3.8, 4) is 11.3 Å². The van der Waals surface area contributed by atoms with Crippen molar-refractivity contribution in [3.63, 3.8) is 0 Å². The molecule has 160 valence electrons. The zero-order valence-electron chi connectivity index (χ0n) is 17.7. The molecule has 5 rings (SSSR count). The predicted octanol–water partition coefficient (Wildman–Crippen LogP) is 5.94. The summed E-state index contributed by atoms with van der Waals surface area (Å²) in [5.41, 5.74) is 7.11. The maximum absolute atomic E-state index is 13.1. The lowest BCUT2D eigenvalue weighted by Crippen LogP contribution is -2.11. The van der Waals surface area contributed by atoms with Crippen molar-refractivity contribution in [1.29, 1.82) is 0 Å². The molecular weight excluding hydrogens is 401 g/mol. The molecule has 4 nitrogen and oxygen atoms in total. The van der Waals surface area contributed by atoms with Crippen molar-refractivity contribution in [2.75, 3.05) is 5.32 Å². The van der Waals surface area contributed by atoms with E-state index in [9.17, 15) is 9.18 Å². The molecule has 1 aliphatic rings. The van der Waals surface area contributed by atoms with Gasteiger partial charge in [0.05, 0.1) is 5.69 Å². The first kappa shape index (κ1) is 20.2. The van der Waals surface area contributed by atoms with Crippen LogP contribution in [0.5, 0.6) is 0 Å².